The normalized spacial score (nSPS) is 15.6. The fourth-order valence-corrected chi connectivity index (χ4v) is 3.09. The van der Waals surface area contributed by atoms with Crippen LogP contribution in [0.5, 0.6) is 0 Å². The predicted molar refractivity (Wildman–Crippen MR) is 109 cm³/mol. The fraction of sp³-hybridized carbons (Fsp3) is 0.227. The van der Waals surface area contributed by atoms with Crippen molar-refractivity contribution in [2.24, 2.45) is 10.8 Å². The highest BCUT2D eigenvalue weighted by atomic mass is 16.2. The lowest BCUT2D eigenvalue weighted by atomic mass is 10.1. The molecule has 2 aromatic carbocycles. The van der Waals surface area contributed by atoms with Crippen molar-refractivity contribution in [1.29, 1.82) is 0 Å². The van der Waals surface area contributed by atoms with E-state index in [1.54, 1.807) is 4.90 Å². The number of rotatable bonds is 6. The zero-order valence-corrected chi connectivity index (χ0v) is 15.7. The van der Waals surface area contributed by atoms with Crippen LogP contribution in [-0.2, 0) is 16.1 Å². The summed E-state index contributed by atoms with van der Waals surface area (Å²) in [5.74, 6) is 1.71. The summed E-state index contributed by atoms with van der Waals surface area (Å²) in [5.41, 5.74) is 8.64. The monoisotopic (exact) mass is 374 g/mol. The molecular formula is C22H22N4O2. The zero-order chi connectivity index (χ0) is 20.1. The highest BCUT2D eigenvalue weighted by Crippen LogP contribution is 2.25. The molecule has 0 fully saturated rings. The lowest BCUT2D eigenvalue weighted by Crippen LogP contribution is -2.40. The molecule has 1 unspecified atom stereocenters. The van der Waals surface area contributed by atoms with Crippen molar-refractivity contribution in [2.45, 2.75) is 25.9 Å². The van der Waals surface area contributed by atoms with Gasteiger partial charge >= 0.3 is 0 Å². The molecule has 0 radical (unpaired) electrons. The molecule has 0 aliphatic carbocycles. The SMILES string of the molecule is C#CCN(Cc1ccc(C)cc1)C(=O)C1=NN(c2ccccc2)C(C(N)=O)C1. The Kier molecular flexibility index (Phi) is 5.75. The number of benzene rings is 2. The van der Waals surface area contributed by atoms with Crippen molar-refractivity contribution in [3.05, 3.63) is 65.7 Å². The largest absolute Gasteiger partial charge is 0.368 e. The highest BCUT2D eigenvalue weighted by molar-refractivity contribution is 6.40. The molecule has 28 heavy (non-hydrogen) atoms. The lowest BCUT2D eigenvalue weighted by molar-refractivity contribution is -0.124. The zero-order valence-electron chi connectivity index (χ0n) is 15.7. The molecule has 6 heteroatoms. The van der Waals surface area contributed by atoms with Crippen LogP contribution in [-0.4, -0.2) is 35.0 Å². The summed E-state index contributed by atoms with van der Waals surface area (Å²) >= 11 is 0. The Bertz CT molecular complexity index is 929. The third kappa shape index (κ3) is 4.21. The van der Waals surface area contributed by atoms with Crippen LogP contribution in [0.3, 0.4) is 0 Å². The Balaban J connectivity index is 1.84. The molecule has 142 valence electrons. The van der Waals surface area contributed by atoms with Gasteiger partial charge in [-0.3, -0.25) is 14.6 Å². The van der Waals surface area contributed by atoms with Gasteiger partial charge in [0.25, 0.3) is 5.91 Å². The second-order valence-corrected chi connectivity index (χ2v) is 6.70. The van der Waals surface area contributed by atoms with Gasteiger partial charge in [0.1, 0.15) is 11.8 Å². The maximum atomic E-state index is 13.1. The van der Waals surface area contributed by atoms with Crippen LogP contribution in [0.15, 0.2) is 59.7 Å². The number of aryl methyl sites for hydroxylation is 1. The third-order valence-corrected chi connectivity index (χ3v) is 4.57. The number of primary amides is 1. The minimum absolute atomic E-state index is 0.151. The summed E-state index contributed by atoms with van der Waals surface area (Å²) in [6, 6.07) is 16.4. The summed E-state index contributed by atoms with van der Waals surface area (Å²) in [5, 5.41) is 5.92. The van der Waals surface area contributed by atoms with Gasteiger partial charge in [0, 0.05) is 13.0 Å². The number of anilines is 1. The van der Waals surface area contributed by atoms with Gasteiger partial charge in [-0.05, 0) is 24.6 Å². The summed E-state index contributed by atoms with van der Waals surface area (Å²) in [6.07, 6.45) is 5.62. The lowest BCUT2D eigenvalue weighted by Gasteiger charge is -2.20. The minimum Gasteiger partial charge on any atom is -0.368 e. The van der Waals surface area contributed by atoms with Crippen LogP contribution < -0.4 is 10.7 Å². The van der Waals surface area contributed by atoms with E-state index in [0.717, 1.165) is 11.1 Å². The number of terminal acetylenes is 1. The van der Waals surface area contributed by atoms with E-state index in [9.17, 15) is 9.59 Å². The van der Waals surface area contributed by atoms with E-state index in [4.69, 9.17) is 12.2 Å². The van der Waals surface area contributed by atoms with Gasteiger partial charge in [0.05, 0.1) is 12.2 Å². The second kappa shape index (κ2) is 8.40. The molecule has 1 heterocycles. The van der Waals surface area contributed by atoms with E-state index in [-0.39, 0.29) is 24.6 Å². The molecule has 2 aromatic rings. The molecule has 2 N–H and O–H groups in total. The third-order valence-electron chi connectivity index (χ3n) is 4.57. The van der Waals surface area contributed by atoms with Crippen molar-refractivity contribution in [3.63, 3.8) is 0 Å². The van der Waals surface area contributed by atoms with Gasteiger partial charge in [0.2, 0.25) is 5.91 Å². The van der Waals surface area contributed by atoms with Gasteiger partial charge in [-0.2, -0.15) is 5.10 Å². The van der Waals surface area contributed by atoms with Gasteiger partial charge < -0.3 is 10.6 Å². The summed E-state index contributed by atoms with van der Waals surface area (Å²) in [7, 11) is 0. The number of hydrazone groups is 1. The summed E-state index contributed by atoms with van der Waals surface area (Å²) in [6.45, 7) is 2.52. The Morgan fingerprint density at radius 2 is 1.89 bits per heavy atom. The Labute approximate surface area is 164 Å². The molecule has 3 rings (SSSR count). The number of carbonyl (C=O) groups excluding carboxylic acids is 2. The van der Waals surface area contributed by atoms with E-state index in [1.807, 2.05) is 61.5 Å². The van der Waals surface area contributed by atoms with E-state index < -0.39 is 11.9 Å². The molecule has 1 atom stereocenters. The molecular weight excluding hydrogens is 352 g/mol. The Morgan fingerprint density at radius 3 is 2.50 bits per heavy atom. The summed E-state index contributed by atoms with van der Waals surface area (Å²) in [4.78, 5) is 26.5. The minimum atomic E-state index is -0.701. The number of para-hydroxylation sites is 1. The maximum absolute atomic E-state index is 13.1. The fourth-order valence-electron chi connectivity index (χ4n) is 3.09. The van der Waals surface area contributed by atoms with Crippen LogP contribution in [0.2, 0.25) is 0 Å². The molecule has 6 nitrogen and oxygen atoms in total. The van der Waals surface area contributed by atoms with Gasteiger partial charge in [0.15, 0.2) is 0 Å². The van der Waals surface area contributed by atoms with Crippen molar-refractivity contribution < 1.29 is 9.59 Å². The molecule has 0 spiro atoms. The van der Waals surface area contributed by atoms with Crippen LogP contribution >= 0.6 is 0 Å². The molecule has 0 aromatic heterocycles. The molecule has 0 saturated heterocycles. The Hall–Kier alpha value is -3.59. The number of nitrogens with two attached hydrogens (primary N) is 1. The number of hydrogen-bond acceptors (Lipinski definition) is 4. The van der Waals surface area contributed by atoms with E-state index in [2.05, 4.69) is 11.0 Å². The Morgan fingerprint density at radius 1 is 1.21 bits per heavy atom. The quantitative estimate of drug-likeness (QED) is 0.786. The van der Waals surface area contributed by atoms with Gasteiger partial charge in [-0.1, -0.05) is 53.9 Å². The highest BCUT2D eigenvalue weighted by Gasteiger charge is 2.36. The maximum Gasteiger partial charge on any atom is 0.271 e. The molecule has 1 aliphatic heterocycles. The van der Waals surface area contributed by atoms with Crippen molar-refractivity contribution in [3.8, 4) is 12.3 Å². The van der Waals surface area contributed by atoms with E-state index in [1.165, 1.54) is 5.01 Å². The number of nitrogens with zero attached hydrogens (tertiary/aromatic N) is 3. The van der Waals surface area contributed by atoms with Crippen molar-refractivity contribution in [1.82, 2.24) is 4.90 Å². The number of carbonyl (C=O) groups is 2. The first-order valence-electron chi connectivity index (χ1n) is 8.99. The molecule has 1 aliphatic rings. The van der Waals surface area contributed by atoms with E-state index >= 15 is 0 Å². The molecule has 2 amide bonds. The standard InChI is InChI=1S/C22H22N4O2/c1-3-13-25(15-17-11-9-16(2)10-12-17)22(28)19-14-20(21(23)27)26(24-19)18-7-5-4-6-8-18/h1,4-12,20H,13-15H2,2H3,(H2,23,27). The average molecular weight is 374 g/mol. The van der Waals surface area contributed by atoms with E-state index in [0.29, 0.717) is 12.2 Å². The number of hydrogen-bond donors (Lipinski definition) is 1. The van der Waals surface area contributed by atoms with Crippen LogP contribution in [0.1, 0.15) is 17.5 Å². The molecule has 0 bridgehead atoms. The van der Waals surface area contributed by atoms with Crippen LogP contribution in [0.4, 0.5) is 5.69 Å². The average Bonchev–Trinajstić information content (AvgIpc) is 3.15. The van der Waals surface area contributed by atoms with Crippen molar-refractivity contribution in [2.75, 3.05) is 11.6 Å². The van der Waals surface area contributed by atoms with Crippen LogP contribution in [0.25, 0.3) is 0 Å². The predicted octanol–water partition coefficient (Wildman–Crippen LogP) is 2.08. The van der Waals surface area contributed by atoms with Gasteiger partial charge in [-0.15, -0.1) is 6.42 Å². The first-order chi connectivity index (χ1) is 13.5. The van der Waals surface area contributed by atoms with Gasteiger partial charge in [-0.25, -0.2) is 0 Å². The topological polar surface area (TPSA) is 79.0 Å². The first-order valence-corrected chi connectivity index (χ1v) is 8.99. The molecule has 0 saturated carbocycles. The van der Waals surface area contributed by atoms with Crippen LogP contribution in [0, 0.1) is 19.3 Å². The number of amides is 2. The first kappa shape index (κ1) is 19.2. The second-order valence-electron chi connectivity index (χ2n) is 6.70. The smallest absolute Gasteiger partial charge is 0.271 e. The summed E-state index contributed by atoms with van der Waals surface area (Å²) < 4.78 is 0. The van der Waals surface area contributed by atoms with Crippen molar-refractivity contribution >= 4 is 23.2 Å².